The van der Waals surface area contributed by atoms with Crippen LogP contribution in [0.2, 0.25) is 0 Å². The molecule has 0 spiro atoms. The summed E-state index contributed by atoms with van der Waals surface area (Å²) in [7, 11) is 0. The predicted octanol–water partition coefficient (Wildman–Crippen LogP) is 0.930. The normalized spacial score (nSPS) is 13.0. The lowest BCUT2D eigenvalue weighted by molar-refractivity contribution is -0.121. The molecule has 0 saturated heterocycles. The molecule has 0 aliphatic heterocycles. The van der Waals surface area contributed by atoms with Crippen molar-refractivity contribution in [3.8, 4) is 0 Å². The molecule has 0 bridgehead atoms. The number of hydrogen-bond acceptors (Lipinski definition) is 4. The smallest absolute Gasteiger partial charge is 0.234 e. The molecule has 0 aliphatic rings. The summed E-state index contributed by atoms with van der Waals surface area (Å²) in [6.07, 6.45) is 0. The van der Waals surface area contributed by atoms with Gasteiger partial charge < -0.3 is 16.8 Å². The van der Waals surface area contributed by atoms with Gasteiger partial charge >= 0.3 is 0 Å². The van der Waals surface area contributed by atoms with E-state index in [1.165, 1.54) is 0 Å². The summed E-state index contributed by atoms with van der Waals surface area (Å²) < 4.78 is 0. The Labute approximate surface area is 93.7 Å². The molecule has 15 heavy (non-hydrogen) atoms. The molecule has 1 aromatic heterocycles. The molecule has 1 amide bonds. The fourth-order valence-electron chi connectivity index (χ4n) is 1.36. The summed E-state index contributed by atoms with van der Waals surface area (Å²) in [5, 5.41) is 5.05. The van der Waals surface area contributed by atoms with E-state index in [0.29, 0.717) is 6.54 Å². The number of amides is 1. The SMILES string of the molecule is CC(C)C(NCc1sccc1N)C(N)=O. The van der Waals surface area contributed by atoms with Gasteiger partial charge in [0.2, 0.25) is 5.91 Å². The van der Waals surface area contributed by atoms with E-state index < -0.39 is 0 Å². The summed E-state index contributed by atoms with van der Waals surface area (Å²) >= 11 is 1.58. The third-order valence-electron chi connectivity index (χ3n) is 2.24. The van der Waals surface area contributed by atoms with Gasteiger partial charge in [-0.2, -0.15) is 0 Å². The molecule has 5 N–H and O–H groups in total. The zero-order valence-corrected chi connectivity index (χ0v) is 9.80. The van der Waals surface area contributed by atoms with Gasteiger partial charge in [0.25, 0.3) is 0 Å². The average Bonchev–Trinajstić information content (AvgIpc) is 2.51. The number of nitrogens with one attached hydrogen (secondary N) is 1. The molecule has 1 atom stereocenters. The number of primary amides is 1. The van der Waals surface area contributed by atoms with Crippen LogP contribution >= 0.6 is 11.3 Å². The molecule has 4 nitrogen and oxygen atoms in total. The van der Waals surface area contributed by atoms with Crippen molar-refractivity contribution in [2.75, 3.05) is 5.73 Å². The molecule has 5 heteroatoms. The Bertz CT molecular complexity index is 335. The first-order chi connectivity index (χ1) is 7.02. The molecular formula is C10H17N3OS. The first-order valence-electron chi connectivity index (χ1n) is 4.87. The fraction of sp³-hybridized carbons (Fsp3) is 0.500. The Balaban J connectivity index is 2.55. The number of anilines is 1. The Morgan fingerprint density at radius 2 is 2.27 bits per heavy atom. The van der Waals surface area contributed by atoms with Crippen molar-refractivity contribution >= 4 is 22.9 Å². The molecule has 0 fully saturated rings. The highest BCUT2D eigenvalue weighted by molar-refractivity contribution is 7.10. The molecule has 0 radical (unpaired) electrons. The minimum Gasteiger partial charge on any atom is -0.398 e. The third kappa shape index (κ3) is 3.21. The highest BCUT2D eigenvalue weighted by atomic mass is 32.1. The first kappa shape index (κ1) is 12.0. The topological polar surface area (TPSA) is 81.1 Å². The van der Waals surface area contributed by atoms with E-state index in [4.69, 9.17) is 11.5 Å². The van der Waals surface area contributed by atoms with Gasteiger partial charge in [-0.1, -0.05) is 13.8 Å². The number of carbonyl (C=O) groups excluding carboxylic acids is 1. The van der Waals surface area contributed by atoms with Crippen LogP contribution in [0, 0.1) is 5.92 Å². The quantitative estimate of drug-likeness (QED) is 0.700. The van der Waals surface area contributed by atoms with Crippen LogP contribution in [0.4, 0.5) is 5.69 Å². The van der Waals surface area contributed by atoms with E-state index in [1.807, 2.05) is 25.3 Å². The summed E-state index contributed by atoms with van der Waals surface area (Å²) in [4.78, 5) is 12.2. The van der Waals surface area contributed by atoms with Crippen molar-refractivity contribution in [2.45, 2.75) is 26.4 Å². The van der Waals surface area contributed by atoms with E-state index in [0.717, 1.165) is 10.6 Å². The van der Waals surface area contributed by atoms with Gasteiger partial charge in [0.1, 0.15) is 0 Å². The van der Waals surface area contributed by atoms with E-state index in [1.54, 1.807) is 11.3 Å². The van der Waals surface area contributed by atoms with Gasteiger partial charge in [-0.25, -0.2) is 0 Å². The lowest BCUT2D eigenvalue weighted by Gasteiger charge is -2.18. The van der Waals surface area contributed by atoms with Crippen molar-refractivity contribution in [3.05, 3.63) is 16.3 Å². The van der Waals surface area contributed by atoms with Gasteiger partial charge in [-0.05, 0) is 17.4 Å². The molecule has 84 valence electrons. The van der Waals surface area contributed by atoms with E-state index in [9.17, 15) is 4.79 Å². The van der Waals surface area contributed by atoms with Crippen LogP contribution in [0.5, 0.6) is 0 Å². The summed E-state index contributed by atoms with van der Waals surface area (Å²) in [5.41, 5.74) is 11.8. The Morgan fingerprint density at radius 1 is 1.60 bits per heavy atom. The van der Waals surface area contributed by atoms with Crippen LogP contribution in [0.1, 0.15) is 18.7 Å². The summed E-state index contributed by atoms with van der Waals surface area (Å²) in [5.74, 6) is -0.135. The minimum atomic E-state index is -0.319. The van der Waals surface area contributed by atoms with Gasteiger partial charge in [0, 0.05) is 17.1 Å². The monoisotopic (exact) mass is 227 g/mol. The number of hydrogen-bond donors (Lipinski definition) is 3. The van der Waals surface area contributed by atoms with E-state index in [2.05, 4.69) is 5.32 Å². The largest absolute Gasteiger partial charge is 0.398 e. The minimum absolute atomic E-state index is 0.184. The van der Waals surface area contributed by atoms with Crippen LogP contribution in [0.15, 0.2) is 11.4 Å². The molecule has 0 aliphatic carbocycles. The number of carbonyl (C=O) groups is 1. The second-order valence-corrected chi connectivity index (χ2v) is 4.80. The van der Waals surface area contributed by atoms with Gasteiger partial charge in [0.15, 0.2) is 0 Å². The van der Waals surface area contributed by atoms with Gasteiger partial charge in [-0.3, -0.25) is 4.79 Å². The van der Waals surface area contributed by atoms with E-state index >= 15 is 0 Å². The van der Waals surface area contributed by atoms with Crippen molar-refractivity contribution in [1.82, 2.24) is 5.32 Å². The fourth-order valence-corrected chi connectivity index (χ4v) is 2.11. The third-order valence-corrected chi connectivity index (χ3v) is 3.17. The van der Waals surface area contributed by atoms with Crippen LogP contribution in [0.3, 0.4) is 0 Å². The average molecular weight is 227 g/mol. The number of nitrogens with two attached hydrogens (primary N) is 2. The Hall–Kier alpha value is -1.07. The molecule has 0 aromatic carbocycles. The van der Waals surface area contributed by atoms with Crippen molar-refractivity contribution in [1.29, 1.82) is 0 Å². The highest BCUT2D eigenvalue weighted by Gasteiger charge is 2.18. The van der Waals surface area contributed by atoms with Crippen LogP contribution in [0.25, 0.3) is 0 Å². The maximum atomic E-state index is 11.1. The highest BCUT2D eigenvalue weighted by Crippen LogP contribution is 2.18. The molecule has 1 aromatic rings. The maximum absolute atomic E-state index is 11.1. The standard InChI is InChI=1S/C10H17N3OS/c1-6(2)9(10(12)14)13-5-8-7(11)3-4-15-8/h3-4,6,9,13H,5,11H2,1-2H3,(H2,12,14). The Morgan fingerprint density at radius 3 is 2.67 bits per heavy atom. The number of thiophene rings is 1. The second-order valence-electron chi connectivity index (χ2n) is 3.80. The van der Waals surface area contributed by atoms with Crippen LogP contribution < -0.4 is 16.8 Å². The van der Waals surface area contributed by atoms with Crippen molar-refractivity contribution < 1.29 is 4.79 Å². The molecule has 0 saturated carbocycles. The van der Waals surface area contributed by atoms with Gasteiger partial charge in [-0.15, -0.1) is 11.3 Å². The molecule has 1 rings (SSSR count). The zero-order chi connectivity index (χ0) is 11.4. The van der Waals surface area contributed by atoms with Crippen molar-refractivity contribution in [2.24, 2.45) is 11.7 Å². The van der Waals surface area contributed by atoms with Gasteiger partial charge in [0.05, 0.1) is 6.04 Å². The molecule has 1 unspecified atom stereocenters. The maximum Gasteiger partial charge on any atom is 0.234 e. The lowest BCUT2D eigenvalue weighted by atomic mass is 10.0. The van der Waals surface area contributed by atoms with Crippen LogP contribution in [-0.2, 0) is 11.3 Å². The first-order valence-corrected chi connectivity index (χ1v) is 5.75. The number of rotatable bonds is 5. The molecule has 1 heterocycles. The predicted molar refractivity (Wildman–Crippen MR) is 63.4 cm³/mol. The molecular weight excluding hydrogens is 210 g/mol. The van der Waals surface area contributed by atoms with Crippen molar-refractivity contribution in [3.63, 3.8) is 0 Å². The lowest BCUT2D eigenvalue weighted by Crippen LogP contribution is -2.44. The Kier molecular flexibility index (Phi) is 4.11. The summed E-state index contributed by atoms with van der Waals surface area (Å²) in [6, 6.07) is 1.56. The summed E-state index contributed by atoms with van der Waals surface area (Å²) in [6.45, 7) is 4.51. The second kappa shape index (κ2) is 5.14. The zero-order valence-electron chi connectivity index (χ0n) is 8.99. The van der Waals surface area contributed by atoms with Crippen LogP contribution in [-0.4, -0.2) is 11.9 Å². The number of nitrogen functional groups attached to an aromatic ring is 1. The van der Waals surface area contributed by atoms with E-state index in [-0.39, 0.29) is 17.9 Å².